The zero-order valence-corrected chi connectivity index (χ0v) is 12.6. The van der Waals surface area contributed by atoms with Crippen molar-refractivity contribution in [3.63, 3.8) is 0 Å². The highest BCUT2D eigenvalue weighted by Gasteiger charge is 2.24. The van der Waals surface area contributed by atoms with Crippen LogP contribution in [0.2, 0.25) is 0 Å². The lowest BCUT2D eigenvalue weighted by Crippen LogP contribution is -2.31. The number of Topliss-reactive ketones (excluding diaryl/α,β-unsaturated/α-hetero) is 1. The monoisotopic (exact) mass is 286 g/mol. The molecular formula is C17H22N2O2. The second-order valence-electron chi connectivity index (χ2n) is 5.96. The van der Waals surface area contributed by atoms with E-state index in [1.807, 2.05) is 38.2 Å². The van der Waals surface area contributed by atoms with Gasteiger partial charge in [0.1, 0.15) is 5.75 Å². The summed E-state index contributed by atoms with van der Waals surface area (Å²) in [6.07, 6.45) is 3.82. The molecule has 0 amide bonds. The summed E-state index contributed by atoms with van der Waals surface area (Å²) < 4.78 is 5.74. The number of aromatic nitrogens is 1. The van der Waals surface area contributed by atoms with E-state index in [-0.39, 0.29) is 17.8 Å². The van der Waals surface area contributed by atoms with Crippen LogP contribution in [-0.4, -0.2) is 30.0 Å². The number of benzene rings is 1. The number of carbonyl (C=O) groups is 1. The summed E-state index contributed by atoms with van der Waals surface area (Å²) in [5, 5.41) is 4.27. The summed E-state index contributed by atoms with van der Waals surface area (Å²) in [7, 11) is 0. The van der Waals surface area contributed by atoms with Gasteiger partial charge in [0.2, 0.25) is 0 Å². The summed E-state index contributed by atoms with van der Waals surface area (Å²) >= 11 is 0. The highest BCUT2D eigenvalue weighted by atomic mass is 16.5. The third-order valence-corrected chi connectivity index (χ3v) is 4.00. The molecule has 1 aromatic heterocycles. The smallest absolute Gasteiger partial charge is 0.168 e. The Kier molecular flexibility index (Phi) is 3.97. The first-order valence-electron chi connectivity index (χ1n) is 7.68. The van der Waals surface area contributed by atoms with Crippen molar-refractivity contribution in [1.29, 1.82) is 0 Å². The number of hydrogen-bond donors (Lipinski definition) is 2. The Morgan fingerprint density at radius 1 is 1.29 bits per heavy atom. The largest absolute Gasteiger partial charge is 0.491 e. The lowest BCUT2D eigenvalue weighted by Gasteiger charge is -2.21. The molecular weight excluding hydrogens is 264 g/mol. The topological polar surface area (TPSA) is 54.1 Å². The fourth-order valence-electron chi connectivity index (χ4n) is 2.95. The van der Waals surface area contributed by atoms with Crippen molar-refractivity contribution in [2.24, 2.45) is 5.92 Å². The number of hydrogen-bond acceptors (Lipinski definition) is 3. The number of aromatic amines is 1. The highest BCUT2D eigenvalue weighted by Crippen LogP contribution is 2.28. The summed E-state index contributed by atoms with van der Waals surface area (Å²) in [6, 6.07) is 5.89. The molecule has 0 radical (unpaired) electrons. The molecule has 0 saturated carbocycles. The third-order valence-electron chi connectivity index (χ3n) is 4.00. The van der Waals surface area contributed by atoms with E-state index in [0.717, 1.165) is 48.1 Å². The van der Waals surface area contributed by atoms with Crippen molar-refractivity contribution < 1.29 is 9.53 Å². The predicted molar refractivity (Wildman–Crippen MR) is 84.0 cm³/mol. The summed E-state index contributed by atoms with van der Waals surface area (Å²) in [5.41, 5.74) is 1.79. The Labute approximate surface area is 124 Å². The number of H-pyrrole nitrogens is 1. The molecule has 2 N–H and O–H groups in total. The molecule has 2 heterocycles. The van der Waals surface area contributed by atoms with Crippen LogP contribution in [0.25, 0.3) is 10.9 Å². The minimum atomic E-state index is 0.130. The van der Waals surface area contributed by atoms with Gasteiger partial charge in [-0.25, -0.2) is 0 Å². The second kappa shape index (κ2) is 5.90. The van der Waals surface area contributed by atoms with E-state index in [0.29, 0.717) is 0 Å². The maximum Gasteiger partial charge on any atom is 0.168 e. The van der Waals surface area contributed by atoms with E-state index in [4.69, 9.17) is 4.74 Å². The van der Waals surface area contributed by atoms with Crippen molar-refractivity contribution in [1.82, 2.24) is 10.3 Å². The summed E-state index contributed by atoms with van der Waals surface area (Å²) in [6.45, 7) is 5.87. The van der Waals surface area contributed by atoms with Gasteiger partial charge in [-0.05, 0) is 58.0 Å². The fraction of sp³-hybridized carbons (Fsp3) is 0.471. The number of nitrogens with one attached hydrogen (secondary N) is 2. The van der Waals surface area contributed by atoms with Crippen LogP contribution in [0.3, 0.4) is 0 Å². The molecule has 112 valence electrons. The molecule has 21 heavy (non-hydrogen) atoms. The molecule has 1 aromatic carbocycles. The number of carbonyl (C=O) groups excluding carboxylic acids is 1. The zero-order chi connectivity index (χ0) is 14.8. The van der Waals surface area contributed by atoms with Crippen LogP contribution in [0.5, 0.6) is 5.75 Å². The lowest BCUT2D eigenvalue weighted by atomic mass is 9.89. The molecule has 0 aliphatic carbocycles. The van der Waals surface area contributed by atoms with Crippen LogP contribution in [-0.2, 0) is 0 Å². The third kappa shape index (κ3) is 2.95. The van der Waals surface area contributed by atoms with Crippen LogP contribution < -0.4 is 10.1 Å². The molecule has 1 aliphatic rings. The maximum atomic E-state index is 12.7. The first kappa shape index (κ1) is 14.1. The zero-order valence-electron chi connectivity index (χ0n) is 12.6. The fourth-order valence-corrected chi connectivity index (χ4v) is 2.95. The van der Waals surface area contributed by atoms with Crippen molar-refractivity contribution in [2.75, 3.05) is 13.1 Å². The number of rotatable bonds is 4. The Morgan fingerprint density at radius 3 is 2.76 bits per heavy atom. The van der Waals surface area contributed by atoms with Crippen LogP contribution in [0.1, 0.15) is 37.0 Å². The Balaban J connectivity index is 1.92. The average molecular weight is 286 g/mol. The molecule has 3 rings (SSSR count). The van der Waals surface area contributed by atoms with Gasteiger partial charge in [-0.3, -0.25) is 4.79 Å². The number of ether oxygens (including phenoxy) is 1. The molecule has 4 heteroatoms. The van der Waals surface area contributed by atoms with Gasteiger partial charge < -0.3 is 15.0 Å². The van der Waals surface area contributed by atoms with E-state index < -0.39 is 0 Å². The molecule has 1 fully saturated rings. The molecule has 0 atom stereocenters. The first-order chi connectivity index (χ1) is 10.1. The van der Waals surface area contributed by atoms with Gasteiger partial charge in [0.15, 0.2) is 5.78 Å². The maximum absolute atomic E-state index is 12.7. The van der Waals surface area contributed by atoms with Crippen LogP contribution in [0, 0.1) is 5.92 Å². The number of piperidine rings is 1. The lowest BCUT2D eigenvalue weighted by molar-refractivity contribution is 0.0897. The van der Waals surface area contributed by atoms with Gasteiger partial charge in [-0.2, -0.15) is 0 Å². The Bertz CT molecular complexity index is 639. The summed E-state index contributed by atoms with van der Waals surface area (Å²) in [4.78, 5) is 15.9. The minimum Gasteiger partial charge on any atom is -0.491 e. The first-order valence-corrected chi connectivity index (χ1v) is 7.68. The van der Waals surface area contributed by atoms with Crippen molar-refractivity contribution >= 4 is 16.7 Å². The molecule has 1 aliphatic heterocycles. The molecule has 2 aromatic rings. The van der Waals surface area contributed by atoms with E-state index in [9.17, 15) is 4.79 Å². The molecule has 4 nitrogen and oxygen atoms in total. The molecule has 1 saturated heterocycles. The molecule has 0 spiro atoms. The average Bonchev–Trinajstić information content (AvgIpc) is 2.90. The SMILES string of the molecule is CC(C)Oc1ccc2[nH]cc(C(=O)C3CCNCC3)c2c1. The Hall–Kier alpha value is -1.81. The van der Waals surface area contributed by atoms with Crippen molar-refractivity contribution in [3.05, 3.63) is 30.0 Å². The van der Waals surface area contributed by atoms with Crippen molar-refractivity contribution in [3.8, 4) is 5.75 Å². The second-order valence-corrected chi connectivity index (χ2v) is 5.96. The number of ketones is 1. The Morgan fingerprint density at radius 2 is 2.05 bits per heavy atom. The molecule has 0 unspecified atom stereocenters. The van der Waals surface area contributed by atoms with Crippen molar-refractivity contribution in [2.45, 2.75) is 32.8 Å². The van der Waals surface area contributed by atoms with E-state index in [1.54, 1.807) is 0 Å². The quantitative estimate of drug-likeness (QED) is 0.849. The van der Waals surface area contributed by atoms with Gasteiger partial charge in [-0.1, -0.05) is 0 Å². The van der Waals surface area contributed by atoms with Gasteiger partial charge in [0.25, 0.3) is 0 Å². The van der Waals surface area contributed by atoms with Gasteiger partial charge in [0, 0.05) is 28.6 Å². The minimum absolute atomic E-state index is 0.130. The molecule has 0 bridgehead atoms. The van der Waals surface area contributed by atoms with Crippen LogP contribution >= 0.6 is 0 Å². The van der Waals surface area contributed by atoms with Crippen LogP contribution in [0.4, 0.5) is 0 Å². The number of fused-ring (bicyclic) bond motifs is 1. The van der Waals surface area contributed by atoms with E-state index in [2.05, 4.69) is 10.3 Å². The van der Waals surface area contributed by atoms with Gasteiger partial charge in [-0.15, -0.1) is 0 Å². The standard InChI is InChI=1S/C17H22N2O2/c1-11(2)21-13-3-4-16-14(9-13)15(10-19-16)17(20)12-5-7-18-8-6-12/h3-4,9-12,18-19H,5-8H2,1-2H3. The van der Waals surface area contributed by atoms with Crippen LogP contribution in [0.15, 0.2) is 24.4 Å². The highest BCUT2D eigenvalue weighted by molar-refractivity contribution is 6.09. The summed E-state index contributed by atoms with van der Waals surface area (Å²) in [5.74, 6) is 1.21. The van der Waals surface area contributed by atoms with E-state index >= 15 is 0 Å². The van der Waals surface area contributed by atoms with Gasteiger partial charge in [0.05, 0.1) is 6.10 Å². The predicted octanol–water partition coefficient (Wildman–Crippen LogP) is 3.14. The van der Waals surface area contributed by atoms with E-state index in [1.165, 1.54) is 0 Å². The van der Waals surface area contributed by atoms with Gasteiger partial charge >= 0.3 is 0 Å². The normalized spacial score (nSPS) is 16.5.